The van der Waals surface area contributed by atoms with Crippen LogP contribution >= 0.6 is 0 Å². The molecule has 1 N–H and O–H groups in total. The van der Waals surface area contributed by atoms with Gasteiger partial charge >= 0.3 is 0 Å². The van der Waals surface area contributed by atoms with Crippen LogP contribution < -0.4 is 5.32 Å². The second-order valence-corrected chi connectivity index (χ2v) is 5.03. The van der Waals surface area contributed by atoms with Crippen LogP contribution in [0.5, 0.6) is 0 Å². The number of hydrogen-bond acceptors (Lipinski definition) is 3. The lowest BCUT2D eigenvalue weighted by atomic mass is 10.2. The molecule has 0 saturated heterocycles. The summed E-state index contributed by atoms with van der Waals surface area (Å²) < 4.78 is 5.53. The Hall–Kier alpha value is -0.800. The van der Waals surface area contributed by atoms with Crippen molar-refractivity contribution in [2.45, 2.75) is 51.9 Å². The van der Waals surface area contributed by atoms with Crippen LogP contribution in [-0.2, 0) is 13.1 Å². The van der Waals surface area contributed by atoms with Crippen LogP contribution in [0.2, 0.25) is 0 Å². The molecule has 0 unspecified atom stereocenters. The maximum Gasteiger partial charge on any atom is 0.122 e. The quantitative estimate of drug-likeness (QED) is 0.801. The van der Waals surface area contributed by atoms with Crippen molar-refractivity contribution < 1.29 is 4.42 Å². The highest BCUT2D eigenvalue weighted by Crippen LogP contribution is 2.20. The van der Waals surface area contributed by atoms with Gasteiger partial charge in [0.2, 0.25) is 0 Å². The average molecular weight is 222 g/mol. The van der Waals surface area contributed by atoms with Crippen molar-refractivity contribution in [1.82, 2.24) is 10.2 Å². The predicted molar refractivity (Wildman–Crippen MR) is 65.2 cm³/mol. The van der Waals surface area contributed by atoms with E-state index >= 15 is 0 Å². The Morgan fingerprint density at radius 1 is 1.50 bits per heavy atom. The molecule has 0 aliphatic heterocycles. The summed E-state index contributed by atoms with van der Waals surface area (Å²) in [6.07, 6.45) is 4.44. The van der Waals surface area contributed by atoms with E-state index in [0.717, 1.165) is 24.9 Å². The van der Waals surface area contributed by atoms with Crippen LogP contribution in [0.4, 0.5) is 0 Å². The first kappa shape index (κ1) is 11.7. The van der Waals surface area contributed by atoms with Gasteiger partial charge in [-0.2, -0.15) is 0 Å². The smallest absolute Gasteiger partial charge is 0.122 e. The van der Waals surface area contributed by atoms with E-state index in [1.807, 2.05) is 0 Å². The Balaban J connectivity index is 1.89. The Morgan fingerprint density at radius 2 is 2.25 bits per heavy atom. The molecule has 90 valence electrons. The van der Waals surface area contributed by atoms with Crippen molar-refractivity contribution >= 4 is 0 Å². The maximum atomic E-state index is 5.53. The Kier molecular flexibility index (Phi) is 3.66. The molecule has 0 radical (unpaired) electrons. The first-order chi connectivity index (χ1) is 7.66. The van der Waals surface area contributed by atoms with Gasteiger partial charge < -0.3 is 9.73 Å². The molecule has 1 saturated carbocycles. The zero-order chi connectivity index (χ0) is 11.5. The van der Waals surface area contributed by atoms with Crippen LogP contribution in [0.25, 0.3) is 0 Å². The van der Waals surface area contributed by atoms with Gasteiger partial charge in [0.25, 0.3) is 0 Å². The molecule has 1 fully saturated rings. The summed E-state index contributed by atoms with van der Waals surface area (Å²) in [4.78, 5) is 2.32. The predicted octanol–water partition coefficient (Wildman–Crippen LogP) is 2.37. The molecule has 0 bridgehead atoms. The highest BCUT2D eigenvalue weighted by atomic mass is 16.3. The van der Waals surface area contributed by atoms with E-state index in [1.54, 1.807) is 6.26 Å². The summed E-state index contributed by atoms with van der Waals surface area (Å²) in [5.41, 5.74) is 1.31. The molecule has 1 heterocycles. The standard InChI is InChI=1S/C13H22N2O/c1-10(2)15(3)9-11-6-7-16-13(11)8-14-12-4-5-12/h6-7,10,12,14H,4-5,8-9H2,1-3H3. The van der Waals surface area contributed by atoms with Crippen molar-refractivity contribution in [2.24, 2.45) is 0 Å². The van der Waals surface area contributed by atoms with Crippen molar-refractivity contribution in [2.75, 3.05) is 7.05 Å². The lowest BCUT2D eigenvalue weighted by Gasteiger charge is -2.20. The lowest BCUT2D eigenvalue weighted by molar-refractivity contribution is 0.263. The minimum absolute atomic E-state index is 0.569. The summed E-state index contributed by atoms with van der Waals surface area (Å²) in [5.74, 6) is 1.10. The topological polar surface area (TPSA) is 28.4 Å². The van der Waals surface area contributed by atoms with E-state index in [-0.39, 0.29) is 0 Å². The van der Waals surface area contributed by atoms with Gasteiger partial charge in [0.05, 0.1) is 12.8 Å². The van der Waals surface area contributed by atoms with Crippen molar-refractivity contribution in [1.29, 1.82) is 0 Å². The third-order valence-electron chi connectivity index (χ3n) is 3.27. The third-order valence-corrected chi connectivity index (χ3v) is 3.27. The van der Waals surface area contributed by atoms with E-state index in [9.17, 15) is 0 Å². The average Bonchev–Trinajstić information content (AvgIpc) is 2.97. The van der Waals surface area contributed by atoms with Gasteiger partial charge in [0, 0.05) is 24.2 Å². The first-order valence-corrected chi connectivity index (χ1v) is 6.15. The summed E-state index contributed by atoms with van der Waals surface area (Å²) in [5, 5.41) is 3.49. The summed E-state index contributed by atoms with van der Waals surface area (Å²) in [6, 6.07) is 3.39. The Morgan fingerprint density at radius 3 is 2.88 bits per heavy atom. The van der Waals surface area contributed by atoms with Crippen LogP contribution in [0.1, 0.15) is 38.0 Å². The van der Waals surface area contributed by atoms with Crippen LogP contribution in [0.15, 0.2) is 16.7 Å². The van der Waals surface area contributed by atoms with Crippen LogP contribution in [0, 0.1) is 0 Å². The second-order valence-electron chi connectivity index (χ2n) is 5.03. The number of nitrogens with zero attached hydrogens (tertiary/aromatic N) is 1. The minimum Gasteiger partial charge on any atom is -0.468 e. The van der Waals surface area contributed by atoms with E-state index in [2.05, 4.69) is 37.2 Å². The summed E-state index contributed by atoms with van der Waals surface area (Å²) in [7, 11) is 2.15. The largest absolute Gasteiger partial charge is 0.468 e. The van der Waals surface area contributed by atoms with Gasteiger partial charge in [0.1, 0.15) is 5.76 Å². The van der Waals surface area contributed by atoms with E-state index in [4.69, 9.17) is 4.42 Å². The SMILES string of the molecule is CC(C)N(C)Cc1ccoc1CNC1CC1. The van der Waals surface area contributed by atoms with E-state index in [1.165, 1.54) is 18.4 Å². The fraction of sp³-hybridized carbons (Fsp3) is 0.692. The van der Waals surface area contributed by atoms with Gasteiger partial charge in [-0.3, -0.25) is 4.90 Å². The van der Waals surface area contributed by atoms with Crippen molar-refractivity contribution in [3.8, 4) is 0 Å². The molecule has 3 heteroatoms. The molecule has 16 heavy (non-hydrogen) atoms. The number of nitrogens with one attached hydrogen (secondary N) is 1. The first-order valence-electron chi connectivity index (χ1n) is 6.15. The number of rotatable bonds is 6. The van der Waals surface area contributed by atoms with E-state index in [0.29, 0.717) is 6.04 Å². The molecule has 3 nitrogen and oxygen atoms in total. The molecule has 1 aliphatic carbocycles. The third kappa shape index (κ3) is 3.09. The summed E-state index contributed by atoms with van der Waals surface area (Å²) in [6.45, 7) is 6.26. The molecule has 0 spiro atoms. The van der Waals surface area contributed by atoms with Crippen molar-refractivity contribution in [3.63, 3.8) is 0 Å². The Labute approximate surface area is 97.8 Å². The zero-order valence-corrected chi connectivity index (χ0v) is 10.5. The van der Waals surface area contributed by atoms with Crippen LogP contribution in [-0.4, -0.2) is 24.0 Å². The van der Waals surface area contributed by atoms with E-state index < -0.39 is 0 Å². The van der Waals surface area contributed by atoms with Gasteiger partial charge in [-0.05, 0) is 39.8 Å². The molecular formula is C13H22N2O. The van der Waals surface area contributed by atoms with Gasteiger partial charge in [0.15, 0.2) is 0 Å². The Bertz CT molecular complexity index is 328. The van der Waals surface area contributed by atoms with Gasteiger partial charge in [-0.25, -0.2) is 0 Å². The summed E-state index contributed by atoms with van der Waals surface area (Å²) >= 11 is 0. The number of furan rings is 1. The normalized spacial score (nSPS) is 16.3. The molecule has 0 aromatic carbocycles. The molecular weight excluding hydrogens is 200 g/mol. The van der Waals surface area contributed by atoms with Crippen LogP contribution in [0.3, 0.4) is 0 Å². The van der Waals surface area contributed by atoms with Crippen molar-refractivity contribution in [3.05, 3.63) is 23.7 Å². The van der Waals surface area contributed by atoms with Gasteiger partial charge in [-0.1, -0.05) is 0 Å². The highest BCUT2D eigenvalue weighted by molar-refractivity contribution is 5.17. The second kappa shape index (κ2) is 5.02. The molecule has 1 aromatic rings. The number of hydrogen-bond donors (Lipinski definition) is 1. The molecule has 1 aliphatic rings. The van der Waals surface area contributed by atoms with Gasteiger partial charge in [-0.15, -0.1) is 0 Å². The molecule has 2 rings (SSSR count). The maximum absolute atomic E-state index is 5.53. The molecule has 0 amide bonds. The monoisotopic (exact) mass is 222 g/mol. The zero-order valence-electron chi connectivity index (χ0n) is 10.5. The minimum atomic E-state index is 0.569. The lowest BCUT2D eigenvalue weighted by Crippen LogP contribution is -2.26. The fourth-order valence-corrected chi connectivity index (χ4v) is 1.64. The molecule has 1 aromatic heterocycles. The molecule has 0 atom stereocenters. The fourth-order valence-electron chi connectivity index (χ4n) is 1.64. The highest BCUT2D eigenvalue weighted by Gasteiger charge is 2.21.